The van der Waals surface area contributed by atoms with Crippen LogP contribution in [-0.2, 0) is 4.79 Å². The Kier molecular flexibility index (Phi) is 5.09. The molecular formula is C17H17Cl2N7O. The predicted octanol–water partition coefficient (Wildman–Crippen LogP) is 1.92. The molecule has 0 bridgehead atoms. The largest absolute Gasteiger partial charge is 0.337 e. The van der Waals surface area contributed by atoms with Crippen LogP contribution in [0.1, 0.15) is 18.0 Å². The Balaban J connectivity index is 1.34. The highest BCUT2D eigenvalue weighted by Crippen LogP contribution is 2.24. The van der Waals surface area contributed by atoms with Gasteiger partial charge >= 0.3 is 0 Å². The second-order valence-corrected chi connectivity index (χ2v) is 7.23. The molecule has 0 saturated carbocycles. The average Bonchev–Trinajstić information content (AvgIpc) is 3.18. The van der Waals surface area contributed by atoms with Crippen molar-refractivity contribution in [2.75, 3.05) is 31.1 Å². The molecule has 1 saturated heterocycles. The van der Waals surface area contributed by atoms with Crippen LogP contribution in [0.3, 0.4) is 0 Å². The third-order valence-corrected chi connectivity index (χ3v) is 4.99. The molecule has 4 heterocycles. The molecule has 140 valence electrons. The van der Waals surface area contributed by atoms with Crippen molar-refractivity contribution in [3.05, 3.63) is 46.5 Å². The quantitative estimate of drug-likeness (QED) is 0.838. The van der Waals surface area contributed by atoms with Crippen molar-refractivity contribution >= 4 is 40.8 Å². The molecule has 2 aliphatic heterocycles. The van der Waals surface area contributed by atoms with Gasteiger partial charge in [-0.05, 0) is 11.6 Å². The van der Waals surface area contributed by atoms with Gasteiger partial charge in [0.2, 0.25) is 5.95 Å². The molecule has 1 N–H and O–H groups in total. The number of halogens is 2. The number of rotatable bonds is 3. The second-order valence-electron chi connectivity index (χ2n) is 6.36. The van der Waals surface area contributed by atoms with Gasteiger partial charge in [-0.3, -0.25) is 9.78 Å². The van der Waals surface area contributed by atoms with Crippen LogP contribution in [0.4, 0.5) is 5.95 Å². The van der Waals surface area contributed by atoms with Crippen LogP contribution >= 0.6 is 23.2 Å². The first-order chi connectivity index (χ1) is 13.1. The molecule has 8 nitrogen and oxygen atoms in total. The summed E-state index contributed by atoms with van der Waals surface area (Å²) in [5.41, 5.74) is 4.45. The van der Waals surface area contributed by atoms with Gasteiger partial charge in [0.1, 0.15) is 5.71 Å². The number of pyridine rings is 1. The minimum atomic E-state index is -0.0843. The summed E-state index contributed by atoms with van der Waals surface area (Å²) in [4.78, 5) is 29.2. The van der Waals surface area contributed by atoms with E-state index in [1.807, 2.05) is 15.9 Å². The number of carbonyl (C=O) groups excluding carboxylic acids is 1. The lowest BCUT2D eigenvalue weighted by Gasteiger charge is -2.34. The van der Waals surface area contributed by atoms with Crippen molar-refractivity contribution in [1.82, 2.24) is 25.3 Å². The first-order valence-electron chi connectivity index (χ1n) is 8.54. The van der Waals surface area contributed by atoms with E-state index in [0.29, 0.717) is 54.3 Å². The summed E-state index contributed by atoms with van der Waals surface area (Å²) >= 11 is 11.8. The highest BCUT2D eigenvalue weighted by atomic mass is 35.5. The van der Waals surface area contributed by atoms with E-state index < -0.39 is 0 Å². The molecule has 27 heavy (non-hydrogen) atoms. The summed E-state index contributed by atoms with van der Waals surface area (Å²) in [5, 5.41) is 5.30. The fourth-order valence-electron chi connectivity index (χ4n) is 3.15. The zero-order valence-electron chi connectivity index (χ0n) is 14.3. The first-order valence-corrected chi connectivity index (χ1v) is 9.30. The van der Waals surface area contributed by atoms with Gasteiger partial charge in [-0.25, -0.2) is 9.97 Å². The average molecular weight is 406 g/mol. The number of nitrogens with one attached hydrogen (secondary N) is 1. The SMILES string of the molecule is O=C(C1=NNC(c2cncc(Cl)c2)C1)N1CCN(c2ncc(Cl)cn2)CC1. The fraction of sp³-hybridized carbons (Fsp3) is 0.353. The van der Waals surface area contributed by atoms with E-state index in [4.69, 9.17) is 23.2 Å². The minimum absolute atomic E-state index is 0.0448. The van der Waals surface area contributed by atoms with Gasteiger partial charge in [0, 0.05) is 45.0 Å². The Morgan fingerprint density at radius 1 is 1.04 bits per heavy atom. The molecule has 2 aliphatic rings. The second kappa shape index (κ2) is 7.66. The standard InChI is InChI=1S/C17H17Cl2N7O/c18-12-5-11(7-20-8-12)14-6-15(24-23-14)16(27)25-1-3-26(4-2-25)17-21-9-13(19)10-22-17/h5,7-10,14,23H,1-4,6H2. The summed E-state index contributed by atoms with van der Waals surface area (Å²) in [6.07, 6.45) is 6.98. The van der Waals surface area contributed by atoms with E-state index >= 15 is 0 Å². The van der Waals surface area contributed by atoms with Crippen molar-refractivity contribution in [2.24, 2.45) is 5.10 Å². The molecule has 2 aromatic heterocycles. The van der Waals surface area contributed by atoms with E-state index in [2.05, 4.69) is 25.5 Å². The van der Waals surface area contributed by atoms with E-state index in [0.717, 1.165) is 5.56 Å². The molecule has 0 radical (unpaired) electrons. The maximum atomic E-state index is 12.8. The normalized spacial score (nSPS) is 19.6. The highest BCUT2D eigenvalue weighted by Gasteiger charge is 2.30. The number of aromatic nitrogens is 3. The number of nitrogens with zero attached hydrogens (tertiary/aromatic N) is 6. The molecule has 1 unspecified atom stereocenters. The number of carbonyl (C=O) groups is 1. The third kappa shape index (κ3) is 3.96. The van der Waals surface area contributed by atoms with Crippen LogP contribution in [0, 0.1) is 0 Å². The lowest BCUT2D eigenvalue weighted by atomic mass is 10.0. The summed E-state index contributed by atoms with van der Waals surface area (Å²) in [7, 11) is 0. The molecule has 1 fully saturated rings. The van der Waals surface area contributed by atoms with Crippen LogP contribution in [0.25, 0.3) is 0 Å². The fourth-order valence-corrected chi connectivity index (χ4v) is 3.43. The Morgan fingerprint density at radius 3 is 2.48 bits per heavy atom. The number of amides is 1. The number of piperazine rings is 1. The van der Waals surface area contributed by atoms with Gasteiger partial charge < -0.3 is 15.2 Å². The van der Waals surface area contributed by atoms with Gasteiger partial charge in [0.05, 0.1) is 28.5 Å². The molecular weight excluding hydrogens is 389 g/mol. The van der Waals surface area contributed by atoms with Gasteiger partial charge in [0.25, 0.3) is 5.91 Å². The number of anilines is 1. The van der Waals surface area contributed by atoms with Crippen LogP contribution < -0.4 is 10.3 Å². The molecule has 0 aromatic carbocycles. The highest BCUT2D eigenvalue weighted by molar-refractivity contribution is 6.39. The van der Waals surface area contributed by atoms with Gasteiger partial charge in [-0.15, -0.1) is 0 Å². The van der Waals surface area contributed by atoms with Crippen molar-refractivity contribution in [3.8, 4) is 0 Å². The molecule has 0 aliphatic carbocycles. The summed E-state index contributed by atoms with van der Waals surface area (Å²) in [6, 6.07) is 1.75. The molecule has 1 amide bonds. The predicted molar refractivity (Wildman–Crippen MR) is 103 cm³/mol. The lowest BCUT2D eigenvalue weighted by Crippen LogP contribution is -2.51. The monoisotopic (exact) mass is 405 g/mol. The Hall–Kier alpha value is -2.45. The molecule has 4 rings (SSSR count). The summed E-state index contributed by atoms with van der Waals surface area (Å²) in [6.45, 7) is 2.51. The topological polar surface area (TPSA) is 86.6 Å². The minimum Gasteiger partial charge on any atom is -0.337 e. The Labute approximate surface area is 166 Å². The molecule has 0 spiro atoms. The van der Waals surface area contributed by atoms with Crippen molar-refractivity contribution in [3.63, 3.8) is 0 Å². The van der Waals surface area contributed by atoms with Crippen molar-refractivity contribution in [2.45, 2.75) is 12.5 Å². The van der Waals surface area contributed by atoms with Crippen molar-refractivity contribution < 1.29 is 4.79 Å². The zero-order valence-corrected chi connectivity index (χ0v) is 15.9. The number of hydrazone groups is 1. The zero-order chi connectivity index (χ0) is 18.8. The third-order valence-electron chi connectivity index (χ3n) is 4.58. The maximum absolute atomic E-state index is 12.8. The van der Waals surface area contributed by atoms with Crippen LogP contribution in [0.2, 0.25) is 10.0 Å². The maximum Gasteiger partial charge on any atom is 0.270 e. The van der Waals surface area contributed by atoms with Crippen molar-refractivity contribution in [1.29, 1.82) is 0 Å². The van der Waals surface area contributed by atoms with Crippen LogP contribution in [0.15, 0.2) is 36.0 Å². The lowest BCUT2D eigenvalue weighted by molar-refractivity contribution is -0.124. The van der Waals surface area contributed by atoms with Crippen LogP contribution in [0.5, 0.6) is 0 Å². The first kappa shape index (κ1) is 17.9. The van der Waals surface area contributed by atoms with Gasteiger partial charge in [-0.1, -0.05) is 23.2 Å². The van der Waals surface area contributed by atoms with E-state index in [1.54, 1.807) is 24.8 Å². The summed E-state index contributed by atoms with van der Waals surface area (Å²) < 4.78 is 0. The summed E-state index contributed by atoms with van der Waals surface area (Å²) in [5.74, 6) is 0.580. The molecule has 1 atom stereocenters. The van der Waals surface area contributed by atoms with Crippen LogP contribution in [-0.4, -0.2) is 57.6 Å². The molecule has 2 aromatic rings. The molecule has 10 heteroatoms. The van der Waals surface area contributed by atoms with E-state index in [-0.39, 0.29) is 11.9 Å². The Morgan fingerprint density at radius 2 is 1.78 bits per heavy atom. The van der Waals surface area contributed by atoms with Gasteiger partial charge in [0.15, 0.2) is 0 Å². The smallest absolute Gasteiger partial charge is 0.270 e. The van der Waals surface area contributed by atoms with E-state index in [9.17, 15) is 4.79 Å². The number of hydrogen-bond donors (Lipinski definition) is 1. The Bertz CT molecular complexity index is 866. The number of hydrogen-bond acceptors (Lipinski definition) is 7. The van der Waals surface area contributed by atoms with E-state index in [1.165, 1.54) is 0 Å². The van der Waals surface area contributed by atoms with Gasteiger partial charge in [-0.2, -0.15) is 5.10 Å².